The number of fused-ring (bicyclic) bond motifs is 1. The number of hydrogen-bond donors (Lipinski definition) is 1. The van der Waals surface area contributed by atoms with Crippen molar-refractivity contribution in [1.82, 2.24) is 0 Å². The highest BCUT2D eigenvalue weighted by Gasteiger charge is 2.43. The Kier molecular flexibility index (Phi) is 3.21. The van der Waals surface area contributed by atoms with E-state index in [0.717, 1.165) is 0 Å². The number of halogens is 2. The fraction of sp³-hybridized carbons (Fsp3) is 0.364. The van der Waals surface area contributed by atoms with Crippen LogP contribution in [-0.2, 0) is 15.1 Å². The predicted molar refractivity (Wildman–Crippen MR) is 64.5 cm³/mol. The van der Waals surface area contributed by atoms with Crippen LogP contribution < -0.4 is 10.5 Å². The van der Waals surface area contributed by atoms with Crippen LogP contribution in [0.15, 0.2) is 12.1 Å². The number of esters is 1. The highest BCUT2D eigenvalue weighted by molar-refractivity contribution is 6.35. The van der Waals surface area contributed by atoms with Crippen LogP contribution in [-0.4, -0.2) is 19.7 Å². The lowest BCUT2D eigenvalue weighted by molar-refractivity contribution is -0.148. The molecule has 0 radical (unpaired) electrons. The van der Waals surface area contributed by atoms with Gasteiger partial charge in [-0.3, -0.25) is 0 Å². The molecule has 4 nitrogen and oxygen atoms in total. The van der Waals surface area contributed by atoms with Gasteiger partial charge in [0.1, 0.15) is 11.3 Å². The van der Waals surface area contributed by atoms with Crippen molar-refractivity contribution in [3.63, 3.8) is 0 Å². The fourth-order valence-corrected chi connectivity index (χ4v) is 2.43. The maximum atomic E-state index is 11.8. The average Bonchev–Trinajstić information content (AvgIpc) is 2.29. The monoisotopic (exact) mass is 275 g/mol. The lowest BCUT2D eigenvalue weighted by atomic mass is 9.85. The second kappa shape index (κ2) is 4.37. The first kappa shape index (κ1) is 12.5. The maximum absolute atomic E-state index is 11.8. The van der Waals surface area contributed by atoms with E-state index in [-0.39, 0.29) is 0 Å². The maximum Gasteiger partial charge on any atom is 0.330 e. The minimum atomic E-state index is -1.25. The highest BCUT2D eigenvalue weighted by atomic mass is 35.5. The molecule has 2 rings (SSSR count). The Labute approximate surface area is 109 Å². The van der Waals surface area contributed by atoms with Gasteiger partial charge in [0.2, 0.25) is 0 Å². The third-order valence-corrected chi connectivity index (χ3v) is 3.28. The molecule has 1 unspecified atom stereocenters. The van der Waals surface area contributed by atoms with Gasteiger partial charge in [-0.25, -0.2) is 4.79 Å². The Morgan fingerprint density at radius 1 is 1.53 bits per heavy atom. The number of carbonyl (C=O) groups excluding carboxylic acids is 1. The van der Waals surface area contributed by atoms with E-state index in [9.17, 15) is 4.79 Å². The molecule has 1 aromatic rings. The van der Waals surface area contributed by atoms with E-state index in [1.54, 1.807) is 12.1 Å². The SMILES string of the molecule is COC(=O)C1(N)CCOc2c(Cl)cc(Cl)cc21. The smallest absolute Gasteiger partial charge is 0.330 e. The summed E-state index contributed by atoms with van der Waals surface area (Å²) in [5, 5.41) is 0.740. The molecule has 0 aromatic heterocycles. The Bertz CT molecular complexity index is 478. The van der Waals surface area contributed by atoms with Gasteiger partial charge in [0.25, 0.3) is 0 Å². The molecule has 0 amide bonds. The summed E-state index contributed by atoms with van der Waals surface area (Å²) in [6.45, 7) is 0.306. The van der Waals surface area contributed by atoms with Crippen molar-refractivity contribution in [1.29, 1.82) is 0 Å². The van der Waals surface area contributed by atoms with Crippen LogP contribution in [0.25, 0.3) is 0 Å². The zero-order valence-corrected chi connectivity index (χ0v) is 10.6. The quantitative estimate of drug-likeness (QED) is 0.798. The van der Waals surface area contributed by atoms with E-state index in [2.05, 4.69) is 0 Å². The first-order valence-corrected chi connectivity index (χ1v) is 5.74. The summed E-state index contributed by atoms with van der Waals surface area (Å²) in [7, 11) is 1.29. The van der Waals surface area contributed by atoms with Crippen LogP contribution in [0, 0.1) is 0 Å². The van der Waals surface area contributed by atoms with Gasteiger partial charge in [-0.1, -0.05) is 23.2 Å². The standard InChI is InChI=1S/C11H11Cl2NO3/c1-16-10(15)11(14)2-3-17-9-7(11)4-6(12)5-8(9)13/h4-5H,2-3,14H2,1H3. The predicted octanol–water partition coefficient (Wildman–Crippen LogP) is 2.10. The Morgan fingerprint density at radius 2 is 2.24 bits per heavy atom. The van der Waals surface area contributed by atoms with Crippen molar-refractivity contribution >= 4 is 29.2 Å². The van der Waals surface area contributed by atoms with Gasteiger partial charge < -0.3 is 15.2 Å². The second-order valence-corrected chi connectivity index (χ2v) is 4.67. The van der Waals surface area contributed by atoms with Gasteiger partial charge >= 0.3 is 5.97 Å². The number of carbonyl (C=O) groups is 1. The summed E-state index contributed by atoms with van der Waals surface area (Å²) in [6.07, 6.45) is 0.323. The summed E-state index contributed by atoms with van der Waals surface area (Å²) in [6, 6.07) is 3.13. The van der Waals surface area contributed by atoms with Crippen LogP contribution in [0.4, 0.5) is 0 Å². The molecule has 1 heterocycles. The molecule has 2 N–H and O–H groups in total. The third kappa shape index (κ3) is 1.97. The number of ether oxygens (including phenoxy) is 2. The van der Waals surface area contributed by atoms with Crippen molar-refractivity contribution in [3.8, 4) is 5.75 Å². The molecule has 1 aliphatic heterocycles. The topological polar surface area (TPSA) is 61.5 Å². The summed E-state index contributed by atoms with van der Waals surface area (Å²) in [5.41, 5.74) is 5.30. The number of rotatable bonds is 1. The van der Waals surface area contributed by atoms with Gasteiger partial charge in [0, 0.05) is 17.0 Å². The van der Waals surface area contributed by atoms with Crippen LogP contribution in [0.3, 0.4) is 0 Å². The van der Waals surface area contributed by atoms with Crippen LogP contribution in [0.1, 0.15) is 12.0 Å². The largest absolute Gasteiger partial charge is 0.492 e. The number of hydrogen-bond acceptors (Lipinski definition) is 4. The van der Waals surface area contributed by atoms with Gasteiger partial charge in [-0.15, -0.1) is 0 Å². The van der Waals surface area contributed by atoms with Crippen molar-refractivity contribution in [2.24, 2.45) is 5.73 Å². The molecule has 1 aliphatic rings. The zero-order chi connectivity index (χ0) is 12.6. The number of benzene rings is 1. The molecule has 0 bridgehead atoms. The first-order valence-electron chi connectivity index (χ1n) is 4.98. The van der Waals surface area contributed by atoms with E-state index >= 15 is 0 Å². The first-order chi connectivity index (χ1) is 7.99. The molecule has 6 heteroatoms. The molecule has 0 spiro atoms. The van der Waals surface area contributed by atoms with Crippen LogP contribution in [0.5, 0.6) is 5.75 Å². The van der Waals surface area contributed by atoms with Gasteiger partial charge in [0.15, 0.2) is 0 Å². The van der Waals surface area contributed by atoms with Gasteiger partial charge in [-0.2, -0.15) is 0 Å². The molecule has 1 atom stereocenters. The summed E-state index contributed by atoms with van der Waals surface area (Å²) in [5.74, 6) is -0.129. The van der Waals surface area contributed by atoms with Crippen LogP contribution >= 0.6 is 23.2 Å². The summed E-state index contributed by atoms with van der Waals surface area (Å²) >= 11 is 11.9. The fourth-order valence-electron chi connectivity index (χ4n) is 1.88. The van der Waals surface area contributed by atoms with Crippen LogP contribution in [0.2, 0.25) is 10.0 Å². The second-order valence-electron chi connectivity index (χ2n) is 3.83. The van der Waals surface area contributed by atoms with Crippen molar-refractivity contribution in [2.75, 3.05) is 13.7 Å². The van der Waals surface area contributed by atoms with E-state index in [0.29, 0.717) is 34.4 Å². The summed E-state index contributed by atoms with van der Waals surface area (Å²) < 4.78 is 10.1. The van der Waals surface area contributed by atoms with Crippen molar-refractivity contribution in [3.05, 3.63) is 27.7 Å². The molecular weight excluding hydrogens is 265 g/mol. The summed E-state index contributed by atoms with van der Waals surface area (Å²) in [4.78, 5) is 11.8. The molecule has 1 aromatic carbocycles. The van der Waals surface area contributed by atoms with E-state index in [1.165, 1.54) is 7.11 Å². The number of methoxy groups -OCH3 is 1. The number of nitrogens with two attached hydrogens (primary N) is 1. The zero-order valence-electron chi connectivity index (χ0n) is 9.13. The average molecular weight is 276 g/mol. The highest BCUT2D eigenvalue weighted by Crippen LogP contribution is 2.42. The minimum absolute atomic E-state index is 0.306. The normalized spacial score (nSPS) is 22.6. The Hall–Kier alpha value is -0.970. The molecule has 0 saturated carbocycles. The van der Waals surface area contributed by atoms with Crippen molar-refractivity contribution < 1.29 is 14.3 Å². The molecule has 0 aliphatic carbocycles. The molecule has 92 valence electrons. The molecular formula is C11H11Cl2NO3. The molecule has 0 saturated heterocycles. The van der Waals surface area contributed by atoms with Crippen molar-refractivity contribution in [2.45, 2.75) is 12.0 Å². The van der Waals surface area contributed by atoms with E-state index in [4.69, 9.17) is 38.4 Å². The van der Waals surface area contributed by atoms with Gasteiger partial charge in [0.05, 0.1) is 18.7 Å². The van der Waals surface area contributed by atoms with E-state index in [1.807, 2.05) is 0 Å². The minimum Gasteiger partial charge on any atom is -0.492 e. The Balaban J connectivity index is 2.61. The lowest BCUT2D eigenvalue weighted by Gasteiger charge is -2.33. The molecule has 0 fully saturated rings. The van der Waals surface area contributed by atoms with E-state index < -0.39 is 11.5 Å². The van der Waals surface area contributed by atoms with Gasteiger partial charge in [-0.05, 0) is 12.1 Å². The Morgan fingerprint density at radius 3 is 2.88 bits per heavy atom. The lowest BCUT2D eigenvalue weighted by Crippen LogP contribution is -2.49. The molecule has 17 heavy (non-hydrogen) atoms. The third-order valence-electron chi connectivity index (χ3n) is 2.78.